The van der Waals surface area contributed by atoms with Crippen LogP contribution >= 0.6 is 0 Å². The van der Waals surface area contributed by atoms with E-state index in [1.54, 1.807) is 0 Å². The van der Waals surface area contributed by atoms with Crippen molar-refractivity contribution in [2.24, 2.45) is 5.73 Å². The maximum absolute atomic E-state index is 13.2. The SMILES string of the molecule is NCC1(NS(=O)(=O)c2cccc(F)c2)CCCCCC1. The maximum Gasteiger partial charge on any atom is 0.241 e. The first-order chi connectivity index (χ1) is 9.47. The van der Waals surface area contributed by atoms with Crippen LogP contribution in [0.25, 0.3) is 0 Å². The number of sulfonamides is 1. The molecule has 0 atom stereocenters. The quantitative estimate of drug-likeness (QED) is 0.837. The van der Waals surface area contributed by atoms with Crippen molar-refractivity contribution < 1.29 is 12.8 Å². The number of halogens is 1. The number of hydrogen-bond acceptors (Lipinski definition) is 3. The van der Waals surface area contributed by atoms with Crippen LogP contribution < -0.4 is 10.5 Å². The minimum atomic E-state index is -3.74. The molecule has 0 saturated heterocycles. The second-order valence-electron chi connectivity index (χ2n) is 5.46. The number of benzene rings is 1. The molecule has 1 aliphatic carbocycles. The van der Waals surface area contributed by atoms with Crippen LogP contribution in [0.4, 0.5) is 4.39 Å². The molecular formula is C14H21FN2O2S. The minimum absolute atomic E-state index is 0.0467. The number of hydrogen-bond donors (Lipinski definition) is 2. The van der Waals surface area contributed by atoms with E-state index in [-0.39, 0.29) is 11.4 Å². The highest BCUT2D eigenvalue weighted by Crippen LogP contribution is 2.28. The van der Waals surface area contributed by atoms with E-state index in [1.165, 1.54) is 18.2 Å². The largest absolute Gasteiger partial charge is 0.329 e. The van der Waals surface area contributed by atoms with Crippen molar-refractivity contribution in [3.05, 3.63) is 30.1 Å². The van der Waals surface area contributed by atoms with E-state index in [9.17, 15) is 12.8 Å². The lowest BCUT2D eigenvalue weighted by molar-refractivity contribution is 0.342. The molecular weight excluding hydrogens is 279 g/mol. The van der Waals surface area contributed by atoms with Crippen LogP contribution in [-0.4, -0.2) is 20.5 Å². The van der Waals surface area contributed by atoms with E-state index in [2.05, 4.69) is 4.72 Å². The van der Waals surface area contributed by atoms with Crippen molar-refractivity contribution in [3.63, 3.8) is 0 Å². The van der Waals surface area contributed by atoms with Crippen molar-refractivity contribution in [2.45, 2.75) is 49.0 Å². The smallest absolute Gasteiger partial charge is 0.241 e. The Morgan fingerprint density at radius 1 is 1.20 bits per heavy atom. The lowest BCUT2D eigenvalue weighted by Crippen LogP contribution is -2.53. The Balaban J connectivity index is 2.25. The molecule has 0 heterocycles. The summed E-state index contributed by atoms with van der Waals surface area (Å²) in [6.07, 6.45) is 5.59. The van der Waals surface area contributed by atoms with Crippen molar-refractivity contribution in [3.8, 4) is 0 Å². The topological polar surface area (TPSA) is 72.2 Å². The van der Waals surface area contributed by atoms with E-state index in [0.29, 0.717) is 0 Å². The van der Waals surface area contributed by atoms with E-state index in [4.69, 9.17) is 5.73 Å². The van der Waals surface area contributed by atoms with Crippen molar-refractivity contribution in [1.82, 2.24) is 4.72 Å². The first-order valence-corrected chi connectivity index (χ1v) is 8.45. The Morgan fingerprint density at radius 2 is 1.85 bits per heavy atom. The Kier molecular flexibility index (Phi) is 4.78. The van der Waals surface area contributed by atoms with Gasteiger partial charge in [-0.15, -0.1) is 0 Å². The standard InChI is InChI=1S/C14H21FN2O2S/c15-12-6-5-7-13(10-12)20(18,19)17-14(11-16)8-3-1-2-4-9-14/h5-7,10,17H,1-4,8-9,11,16H2. The Morgan fingerprint density at radius 3 is 2.40 bits per heavy atom. The Hall–Kier alpha value is -0.980. The monoisotopic (exact) mass is 300 g/mol. The second kappa shape index (κ2) is 6.20. The van der Waals surface area contributed by atoms with Gasteiger partial charge in [0.25, 0.3) is 0 Å². The third kappa shape index (κ3) is 3.56. The lowest BCUT2D eigenvalue weighted by atomic mass is 9.92. The number of nitrogens with two attached hydrogens (primary N) is 1. The molecule has 0 bridgehead atoms. The van der Waals surface area contributed by atoms with E-state index in [1.807, 2.05) is 0 Å². The molecule has 4 nitrogen and oxygen atoms in total. The molecule has 112 valence electrons. The van der Waals surface area contributed by atoms with Crippen LogP contribution in [-0.2, 0) is 10.0 Å². The van der Waals surface area contributed by atoms with Gasteiger partial charge in [-0.3, -0.25) is 0 Å². The molecule has 3 N–H and O–H groups in total. The highest BCUT2D eigenvalue weighted by atomic mass is 32.2. The number of nitrogens with one attached hydrogen (secondary N) is 1. The average molecular weight is 300 g/mol. The third-order valence-electron chi connectivity index (χ3n) is 3.91. The van der Waals surface area contributed by atoms with Gasteiger partial charge in [0.15, 0.2) is 0 Å². The van der Waals surface area contributed by atoms with E-state index in [0.717, 1.165) is 44.6 Å². The molecule has 1 aliphatic rings. The van der Waals surface area contributed by atoms with Crippen LogP contribution in [0, 0.1) is 5.82 Å². The molecule has 20 heavy (non-hydrogen) atoms. The van der Waals surface area contributed by atoms with Crippen LogP contribution in [0.3, 0.4) is 0 Å². The van der Waals surface area contributed by atoms with Crippen molar-refractivity contribution in [1.29, 1.82) is 0 Å². The summed E-state index contributed by atoms with van der Waals surface area (Å²) in [5.41, 5.74) is 5.23. The van der Waals surface area contributed by atoms with Gasteiger partial charge in [-0.2, -0.15) is 0 Å². The summed E-state index contributed by atoms with van der Waals surface area (Å²) in [4.78, 5) is -0.0467. The first-order valence-electron chi connectivity index (χ1n) is 6.97. The van der Waals surface area contributed by atoms with Gasteiger partial charge in [0.2, 0.25) is 10.0 Å². The summed E-state index contributed by atoms with van der Waals surface area (Å²) in [6.45, 7) is 0.265. The van der Waals surface area contributed by atoms with Gasteiger partial charge in [-0.05, 0) is 31.0 Å². The summed E-state index contributed by atoms with van der Waals surface area (Å²) < 4.78 is 40.7. The van der Waals surface area contributed by atoms with Crippen LogP contribution in [0.15, 0.2) is 29.2 Å². The van der Waals surface area contributed by atoms with Gasteiger partial charge in [-0.25, -0.2) is 17.5 Å². The molecule has 0 spiro atoms. The van der Waals surface area contributed by atoms with Gasteiger partial charge < -0.3 is 5.73 Å². The molecule has 6 heteroatoms. The molecule has 0 unspecified atom stereocenters. The molecule has 2 rings (SSSR count). The fourth-order valence-electron chi connectivity index (χ4n) is 2.73. The summed E-state index contributed by atoms with van der Waals surface area (Å²) in [5, 5.41) is 0. The molecule has 1 saturated carbocycles. The molecule has 0 amide bonds. The van der Waals surface area contributed by atoms with Gasteiger partial charge >= 0.3 is 0 Å². The van der Waals surface area contributed by atoms with Crippen molar-refractivity contribution >= 4 is 10.0 Å². The Labute approximate surface area is 119 Å². The normalized spacial score (nSPS) is 19.5. The summed E-state index contributed by atoms with van der Waals surface area (Å²) in [5.74, 6) is -0.560. The fraction of sp³-hybridized carbons (Fsp3) is 0.571. The molecule has 0 aromatic heterocycles. The molecule has 0 radical (unpaired) electrons. The predicted octanol–water partition coefficient (Wildman–Crippen LogP) is 2.16. The van der Waals surface area contributed by atoms with Gasteiger partial charge in [0.1, 0.15) is 5.82 Å². The molecule has 1 aromatic rings. The summed E-state index contributed by atoms with van der Waals surface area (Å²) in [7, 11) is -3.74. The highest BCUT2D eigenvalue weighted by Gasteiger charge is 2.34. The molecule has 0 aliphatic heterocycles. The first kappa shape index (κ1) is 15.4. The zero-order chi connectivity index (χ0) is 14.6. The van der Waals surface area contributed by atoms with Gasteiger partial charge in [0.05, 0.1) is 4.90 Å². The van der Waals surface area contributed by atoms with E-state index >= 15 is 0 Å². The number of rotatable bonds is 4. The molecule has 1 fully saturated rings. The van der Waals surface area contributed by atoms with Gasteiger partial charge in [-0.1, -0.05) is 31.7 Å². The maximum atomic E-state index is 13.2. The minimum Gasteiger partial charge on any atom is -0.329 e. The van der Waals surface area contributed by atoms with Crippen molar-refractivity contribution in [2.75, 3.05) is 6.54 Å². The Bertz CT molecular complexity index is 552. The van der Waals surface area contributed by atoms with Crippen LogP contribution in [0.5, 0.6) is 0 Å². The summed E-state index contributed by atoms with van der Waals surface area (Å²) in [6, 6.07) is 5.05. The zero-order valence-corrected chi connectivity index (χ0v) is 12.3. The van der Waals surface area contributed by atoms with Crippen LogP contribution in [0.1, 0.15) is 38.5 Å². The van der Waals surface area contributed by atoms with E-state index < -0.39 is 21.4 Å². The fourth-order valence-corrected chi connectivity index (χ4v) is 4.23. The zero-order valence-electron chi connectivity index (χ0n) is 11.4. The predicted molar refractivity (Wildman–Crippen MR) is 76.2 cm³/mol. The average Bonchev–Trinajstić information content (AvgIpc) is 2.64. The third-order valence-corrected chi connectivity index (χ3v) is 5.48. The van der Waals surface area contributed by atoms with Gasteiger partial charge in [0, 0.05) is 12.1 Å². The lowest BCUT2D eigenvalue weighted by Gasteiger charge is -2.32. The highest BCUT2D eigenvalue weighted by molar-refractivity contribution is 7.89. The summed E-state index contributed by atoms with van der Waals surface area (Å²) >= 11 is 0. The molecule has 1 aromatic carbocycles. The van der Waals surface area contributed by atoms with Crippen LogP contribution in [0.2, 0.25) is 0 Å². The second-order valence-corrected chi connectivity index (χ2v) is 7.14.